The molecule has 3 rings (SSSR count). The van der Waals surface area contributed by atoms with E-state index in [1.54, 1.807) is 31.2 Å². The number of carbonyl (C=O) groups is 1. The lowest BCUT2D eigenvalue weighted by Crippen LogP contribution is -2.27. The summed E-state index contributed by atoms with van der Waals surface area (Å²) in [6.07, 6.45) is 1.49. The molecule has 0 heterocycles. The predicted octanol–water partition coefficient (Wildman–Crippen LogP) is 3.54. The highest BCUT2D eigenvalue weighted by Gasteiger charge is 2.19. The fourth-order valence-corrected chi connectivity index (χ4v) is 4.43. The molecule has 0 saturated carbocycles. The molecule has 0 radical (unpaired) electrons. The molecule has 0 atom stereocenters. The van der Waals surface area contributed by atoms with Gasteiger partial charge in [-0.1, -0.05) is 48.5 Å². The summed E-state index contributed by atoms with van der Waals surface area (Å²) in [4.78, 5) is 12.6. The molecule has 0 fully saturated rings. The second-order valence-corrected chi connectivity index (χ2v) is 9.05. The Balaban J connectivity index is 1.59. The lowest BCUT2D eigenvalue weighted by Gasteiger charge is -2.12. The molecular weight excluding hydrogens is 412 g/mol. The summed E-state index contributed by atoms with van der Waals surface area (Å²) in [5, 5.41) is 12.1. The van der Waals surface area contributed by atoms with E-state index < -0.39 is 10.0 Å². The van der Waals surface area contributed by atoms with Crippen LogP contribution in [0.5, 0.6) is 5.75 Å². The molecule has 0 aliphatic carbocycles. The van der Waals surface area contributed by atoms with E-state index in [0.717, 1.165) is 24.0 Å². The van der Waals surface area contributed by atoms with Crippen LogP contribution >= 0.6 is 0 Å². The van der Waals surface area contributed by atoms with Gasteiger partial charge in [0, 0.05) is 18.7 Å². The van der Waals surface area contributed by atoms with Crippen LogP contribution in [0.25, 0.3) is 0 Å². The number of aryl methyl sites for hydroxylation is 2. The zero-order chi connectivity index (χ0) is 22.3. The Bertz CT molecular complexity index is 1130. The minimum Gasteiger partial charge on any atom is -0.508 e. The molecule has 0 aliphatic heterocycles. The summed E-state index contributed by atoms with van der Waals surface area (Å²) in [5.41, 5.74) is 2.80. The number of nitrogens with one attached hydrogen (secondary N) is 2. The number of aromatic hydroxyl groups is 1. The standard InChI is InChI=1S/C24H26N2O4S/c1-18-9-12-21(24(28)25-15-5-8-19-10-13-22(27)14-11-19)16-23(18)31(29,30)26-17-20-6-3-2-4-7-20/h2-4,6-7,9-14,16,26-27H,5,8,15,17H2,1H3,(H,25,28). The van der Waals surface area contributed by atoms with Crippen LogP contribution in [0.4, 0.5) is 0 Å². The van der Waals surface area contributed by atoms with Gasteiger partial charge in [-0.15, -0.1) is 0 Å². The third-order valence-corrected chi connectivity index (χ3v) is 6.46. The molecule has 0 unspecified atom stereocenters. The van der Waals surface area contributed by atoms with Crippen molar-refractivity contribution in [3.8, 4) is 5.75 Å². The maximum absolute atomic E-state index is 12.8. The molecule has 0 aromatic heterocycles. The smallest absolute Gasteiger partial charge is 0.251 e. The molecular formula is C24H26N2O4S. The highest BCUT2D eigenvalue weighted by atomic mass is 32.2. The fourth-order valence-electron chi connectivity index (χ4n) is 3.14. The number of benzene rings is 3. The van der Waals surface area contributed by atoms with Crippen molar-refractivity contribution in [2.24, 2.45) is 0 Å². The lowest BCUT2D eigenvalue weighted by molar-refractivity contribution is 0.0953. The number of phenolic OH excluding ortho intramolecular Hbond substituents is 1. The van der Waals surface area contributed by atoms with Gasteiger partial charge in [0.2, 0.25) is 10.0 Å². The van der Waals surface area contributed by atoms with Crippen LogP contribution in [0.15, 0.2) is 77.7 Å². The molecule has 162 valence electrons. The first-order valence-electron chi connectivity index (χ1n) is 10.1. The molecule has 1 amide bonds. The van der Waals surface area contributed by atoms with Crippen LogP contribution < -0.4 is 10.0 Å². The molecule has 3 aromatic rings. The van der Waals surface area contributed by atoms with Crippen molar-refractivity contribution in [3.05, 3.63) is 95.1 Å². The molecule has 3 aromatic carbocycles. The number of hydrogen-bond acceptors (Lipinski definition) is 4. The molecule has 0 saturated heterocycles. The van der Waals surface area contributed by atoms with E-state index in [1.807, 2.05) is 42.5 Å². The number of carbonyl (C=O) groups excluding carboxylic acids is 1. The van der Waals surface area contributed by atoms with Crippen LogP contribution in [0.3, 0.4) is 0 Å². The molecule has 0 aliphatic rings. The van der Waals surface area contributed by atoms with Crippen LogP contribution in [0, 0.1) is 6.92 Å². The average Bonchev–Trinajstić information content (AvgIpc) is 2.77. The predicted molar refractivity (Wildman–Crippen MR) is 120 cm³/mol. The maximum atomic E-state index is 12.8. The van der Waals surface area contributed by atoms with Crippen molar-refractivity contribution in [2.75, 3.05) is 6.54 Å². The summed E-state index contributed by atoms with van der Waals surface area (Å²) < 4.78 is 28.2. The zero-order valence-electron chi connectivity index (χ0n) is 17.3. The van der Waals surface area contributed by atoms with Crippen molar-refractivity contribution in [2.45, 2.75) is 31.2 Å². The van der Waals surface area contributed by atoms with E-state index in [2.05, 4.69) is 10.0 Å². The number of rotatable bonds is 9. The summed E-state index contributed by atoms with van der Waals surface area (Å²) >= 11 is 0. The monoisotopic (exact) mass is 438 g/mol. The minimum atomic E-state index is -3.76. The first-order chi connectivity index (χ1) is 14.8. The number of hydrogen-bond donors (Lipinski definition) is 3. The van der Waals surface area contributed by atoms with E-state index in [0.29, 0.717) is 17.7 Å². The third kappa shape index (κ3) is 6.41. The topological polar surface area (TPSA) is 95.5 Å². The normalized spacial score (nSPS) is 11.3. The van der Waals surface area contributed by atoms with Crippen molar-refractivity contribution in [1.29, 1.82) is 0 Å². The van der Waals surface area contributed by atoms with Gasteiger partial charge >= 0.3 is 0 Å². The molecule has 0 spiro atoms. The molecule has 31 heavy (non-hydrogen) atoms. The largest absolute Gasteiger partial charge is 0.508 e. The maximum Gasteiger partial charge on any atom is 0.251 e. The Hall–Kier alpha value is -3.16. The van der Waals surface area contributed by atoms with E-state index in [1.165, 1.54) is 6.07 Å². The van der Waals surface area contributed by atoms with Gasteiger partial charge in [-0.2, -0.15) is 0 Å². The van der Waals surface area contributed by atoms with E-state index in [4.69, 9.17) is 0 Å². The first-order valence-corrected chi connectivity index (χ1v) is 11.5. The van der Waals surface area contributed by atoms with E-state index >= 15 is 0 Å². The van der Waals surface area contributed by atoms with Crippen molar-refractivity contribution < 1.29 is 18.3 Å². The minimum absolute atomic E-state index is 0.0974. The first kappa shape index (κ1) is 22.5. The summed E-state index contributed by atoms with van der Waals surface area (Å²) in [7, 11) is -3.76. The van der Waals surface area contributed by atoms with Gasteiger partial charge in [-0.3, -0.25) is 4.79 Å². The van der Waals surface area contributed by atoms with Gasteiger partial charge in [-0.25, -0.2) is 13.1 Å². The Kier molecular flexibility index (Phi) is 7.44. The van der Waals surface area contributed by atoms with Gasteiger partial charge in [0.25, 0.3) is 5.91 Å². The summed E-state index contributed by atoms with van der Waals surface area (Å²) in [6.45, 7) is 2.34. The van der Waals surface area contributed by atoms with Crippen LogP contribution in [0.1, 0.15) is 33.5 Å². The number of sulfonamides is 1. The molecule has 3 N–H and O–H groups in total. The zero-order valence-corrected chi connectivity index (χ0v) is 18.2. The Morgan fingerprint density at radius 1 is 0.935 bits per heavy atom. The lowest BCUT2D eigenvalue weighted by atomic mass is 10.1. The Morgan fingerprint density at radius 2 is 1.65 bits per heavy atom. The van der Waals surface area contributed by atoms with Crippen LogP contribution in [0.2, 0.25) is 0 Å². The van der Waals surface area contributed by atoms with Crippen LogP contribution in [-0.4, -0.2) is 26.0 Å². The molecule has 7 heteroatoms. The van der Waals surface area contributed by atoms with Crippen molar-refractivity contribution >= 4 is 15.9 Å². The van der Waals surface area contributed by atoms with Crippen molar-refractivity contribution in [3.63, 3.8) is 0 Å². The fraction of sp³-hybridized carbons (Fsp3) is 0.208. The highest BCUT2D eigenvalue weighted by Crippen LogP contribution is 2.18. The second-order valence-electron chi connectivity index (χ2n) is 7.32. The number of phenols is 1. The van der Waals surface area contributed by atoms with Gasteiger partial charge in [0.15, 0.2) is 0 Å². The van der Waals surface area contributed by atoms with Crippen LogP contribution in [-0.2, 0) is 23.0 Å². The van der Waals surface area contributed by atoms with Gasteiger partial charge in [0.1, 0.15) is 5.75 Å². The second kappa shape index (κ2) is 10.2. The van der Waals surface area contributed by atoms with Gasteiger partial charge < -0.3 is 10.4 Å². The quantitative estimate of drug-likeness (QED) is 0.445. The van der Waals surface area contributed by atoms with Gasteiger partial charge in [-0.05, 0) is 60.7 Å². The highest BCUT2D eigenvalue weighted by molar-refractivity contribution is 7.89. The van der Waals surface area contributed by atoms with Gasteiger partial charge in [0.05, 0.1) is 4.90 Å². The summed E-state index contributed by atoms with van der Waals surface area (Å²) in [5.74, 6) is -0.0920. The van der Waals surface area contributed by atoms with E-state index in [-0.39, 0.29) is 23.1 Å². The molecule has 0 bridgehead atoms. The summed E-state index contributed by atoms with van der Waals surface area (Å²) in [6, 6.07) is 20.9. The van der Waals surface area contributed by atoms with Crippen molar-refractivity contribution in [1.82, 2.24) is 10.0 Å². The Morgan fingerprint density at radius 3 is 2.35 bits per heavy atom. The molecule has 6 nitrogen and oxygen atoms in total. The third-order valence-electron chi connectivity index (χ3n) is 4.91. The number of amides is 1. The average molecular weight is 439 g/mol. The Labute approximate surface area is 183 Å². The van der Waals surface area contributed by atoms with E-state index in [9.17, 15) is 18.3 Å². The SMILES string of the molecule is Cc1ccc(C(=O)NCCCc2ccc(O)cc2)cc1S(=O)(=O)NCc1ccccc1.